The Morgan fingerprint density at radius 3 is 3.00 bits per heavy atom. The minimum absolute atomic E-state index is 0.0173. The fourth-order valence-corrected chi connectivity index (χ4v) is 3.20. The van der Waals surface area contributed by atoms with Crippen molar-refractivity contribution >= 4 is 11.8 Å². The van der Waals surface area contributed by atoms with Crippen LogP contribution in [0.3, 0.4) is 0 Å². The summed E-state index contributed by atoms with van der Waals surface area (Å²) in [4.78, 5) is 23.1. The van der Waals surface area contributed by atoms with Crippen molar-refractivity contribution < 1.29 is 14.3 Å². The van der Waals surface area contributed by atoms with E-state index in [0.29, 0.717) is 18.8 Å². The number of amides is 2. The first kappa shape index (κ1) is 11.9. The molecule has 3 rings (SSSR count). The molecule has 5 unspecified atom stereocenters. The van der Waals surface area contributed by atoms with Crippen molar-refractivity contribution in [3.63, 3.8) is 0 Å². The number of nitrogens with one attached hydrogen (secondary N) is 2. The van der Waals surface area contributed by atoms with Crippen LogP contribution >= 0.6 is 0 Å². The standard InChI is InChI=1S/C12H19N3O3/c13-9-6-2-1-5-18-11(6)10(9)15-12(17)7-3-4-8(16)14-7/h6-7,9-11H,1-5,13H2,(H,14,16)(H,15,17). The molecule has 0 radical (unpaired) electrons. The summed E-state index contributed by atoms with van der Waals surface area (Å²) in [6, 6.07) is -0.510. The van der Waals surface area contributed by atoms with Gasteiger partial charge in [0.25, 0.3) is 0 Å². The zero-order valence-corrected chi connectivity index (χ0v) is 10.2. The molecule has 0 aromatic carbocycles. The van der Waals surface area contributed by atoms with Crippen LogP contribution in [0.1, 0.15) is 25.7 Å². The molecule has 6 heteroatoms. The van der Waals surface area contributed by atoms with Gasteiger partial charge in [-0.15, -0.1) is 0 Å². The highest BCUT2D eigenvalue weighted by Crippen LogP contribution is 2.37. The molecule has 1 saturated carbocycles. The van der Waals surface area contributed by atoms with Crippen molar-refractivity contribution in [3.8, 4) is 0 Å². The predicted molar refractivity (Wildman–Crippen MR) is 63.5 cm³/mol. The molecule has 2 heterocycles. The Kier molecular flexibility index (Phi) is 2.99. The van der Waals surface area contributed by atoms with Gasteiger partial charge in [0, 0.05) is 25.0 Å². The molecule has 18 heavy (non-hydrogen) atoms. The van der Waals surface area contributed by atoms with E-state index < -0.39 is 6.04 Å². The largest absolute Gasteiger partial charge is 0.376 e. The third-order valence-electron chi connectivity index (χ3n) is 4.30. The third-order valence-corrected chi connectivity index (χ3v) is 4.30. The van der Waals surface area contributed by atoms with Crippen molar-refractivity contribution in [1.82, 2.24) is 10.6 Å². The van der Waals surface area contributed by atoms with Gasteiger partial charge in [0.1, 0.15) is 6.04 Å². The van der Waals surface area contributed by atoms with Crippen molar-refractivity contribution in [1.29, 1.82) is 0 Å². The number of nitrogens with two attached hydrogens (primary N) is 1. The van der Waals surface area contributed by atoms with Crippen LogP contribution in [0.2, 0.25) is 0 Å². The Balaban J connectivity index is 1.56. The second-order valence-electron chi connectivity index (χ2n) is 5.41. The van der Waals surface area contributed by atoms with E-state index in [1.165, 1.54) is 0 Å². The minimum atomic E-state index is -0.396. The summed E-state index contributed by atoms with van der Waals surface area (Å²) in [6.07, 6.45) is 3.20. The molecule has 1 aliphatic carbocycles. The lowest BCUT2D eigenvalue weighted by molar-refractivity contribution is -0.141. The van der Waals surface area contributed by atoms with Gasteiger partial charge in [-0.05, 0) is 19.3 Å². The van der Waals surface area contributed by atoms with Crippen molar-refractivity contribution in [2.45, 2.75) is 49.9 Å². The van der Waals surface area contributed by atoms with Gasteiger partial charge >= 0.3 is 0 Å². The van der Waals surface area contributed by atoms with Crippen LogP contribution in [0.25, 0.3) is 0 Å². The van der Waals surface area contributed by atoms with E-state index >= 15 is 0 Å². The van der Waals surface area contributed by atoms with Crippen LogP contribution in [0.5, 0.6) is 0 Å². The number of carbonyl (C=O) groups is 2. The Morgan fingerprint density at radius 2 is 2.28 bits per heavy atom. The number of hydrogen-bond acceptors (Lipinski definition) is 4. The fourth-order valence-electron chi connectivity index (χ4n) is 3.20. The highest BCUT2D eigenvalue weighted by atomic mass is 16.5. The molecule has 0 aromatic heterocycles. The van der Waals surface area contributed by atoms with E-state index in [4.69, 9.17) is 10.5 Å². The maximum absolute atomic E-state index is 12.0. The Hall–Kier alpha value is -1.14. The Labute approximate surface area is 106 Å². The fraction of sp³-hybridized carbons (Fsp3) is 0.833. The molecule has 3 fully saturated rings. The monoisotopic (exact) mass is 253 g/mol. The topological polar surface area (TPSA) is 93.4 Å². The average molecular weight is 253 g/mol. The van der Waals surface area contributed by atoms with Gasteiger partial charge in [0.05, 0.1) is 12.1 Å². The Bertz CT molecular complexity index is 374. The zero-order valence-electron chi connectivity index (χ0n) is 10.2. The molecule has 0 spiro atoms. The number of hydrogen-bond donors (Lipinski definition) is 3. The highest BCUT2D eigenvalue weighted by Gasteiger charge is 2.51. The van der Waals surface area contributed by atoms with Crippen LogP contribution in [-0.4, -0.2) is 42.7 Å². The maximum Gasteiger partial charge on any atom is 0.242 e. The van der Waals surface area contributed by atoms with Crippen LogP contribution in [0, 0.1) is 5.92 Å². The minimum Gasteiger partial charge on any atom is -0.376 e. The first-order chi connectivity index (χ1) is 8.66. The SMILES string of the molecule is NC1C2CCCOC2C1NC(=O)C1CCC(=O)N1. The smallest absolute Gasteiger partial charge is 0.242 e. The van der Waals surface area contributed by atoms with E-state index in [2.05, 4.69) is 10.6 Å². The van der Waals surface area contributed by atoms with E-state index in [1.807, 2.05) is 0 Å². The van der Waals surface area contributed by atoms with Gasteiger partial charge in [0.15, 0.2) is 0 Å². The lowest BCUT2D eigenvalue weighted by Crippen LogP contribution is -2.72. The first-order valence-electron chi connectivity index (χ1n) is 6.64. The van der Waals surface area contributed by atoms with E-state index in [1.54, 1.807) is 0 Å². The summed E-state index contributed by atoms with van der Waals surface area (Å²) in [6.45, 7) is 0.750. The summed E-state index contributed by atoms with van der Waals surface area (Å²) in [5.74, 6) is 0.191. The van der Waals surface area contributed by atoms with Crippen LogP contribution in [0.4, 0.5) is 0 Å². The lowest BCUT2D eigenvalue weighted by atomic mass is 9.68. The van der Waals surface area contributed by atoms with Crippen LogP contribution in [-0.2, 0) is 14.3 Å². The summed E-state index contributed by atoms with van der Waals surface area (Å²) < 4.78 is 5.66. The average Bonchev–Trinajstić information content (AvgIpc) is 2.82. The van der Waals surface area contributed by atoms with Crippen LogP contribution in [0.15, 0.2) is 0 Å². The molecule has 100 valence electrons. The van der Waals surface area contributed by atoms with Gasteiger partial charge in [-0.25, -0.2) is 0 Å². The highest BCUT2D eigenvalue weighted by molar-refractivity contribution is 5.91. The molecule has 0 aromatic rings. The number of ether oxygens (including phenoxy) is 1. The maximum atomic E-state index is 12.0. The number of rotatable bonds is 2. The number of fused-ring (bicyclic) bond motifs is 1. The zero-order chi connectivity index (χ0) is 12.7. The van der Waals surface area contributed by atoms with Crippen LogP contribution < -0.4 is 16.4 Å². The predicted octanol–water partition coefficient (Wildman–Crippen LogP) is -1.11. The van der Waals surface area contributed by atoms with Crippen molar-refractivity contribution in [2.24, 2.45) is 11.7 Å². The second-order valence-corrected chi connectivity index (χ2v) is 5.41. The quantitative estimate of drug-likeness (QED) is 0.581. The van der Waals surface area contributed by atoms with Gasteiger partial charge < -0.3 is 21.1 Å². The molecular formula is C12H19N3O3. The molecule has 2 aliphatic heterocycles. The summed E-state index contributed by atoms with van der Waals surface area (Å²) >= 11 is 0. The number of carbonyl (C=O) groups excluding carboxylic acids is 2. The second kappa shape index (κ2) is 4.51. The summed E-state index contributed by atoms with van der Waals surface area (Å²) in [5.41, 5.74) is 6.07. The van der Waals surface area contributed by atoms with Gasteiger partial charge in [-0.2, -0.15) is 0 Å². The van der Waals surface area contributed by atoms with Gasteiger partial charge in [-0.1, -0.05) is 0 Å². The molecule has 3 aliphatic rings. The molecular weight excluding hydrogens is 234 g/mol. The summed E-state index contributed by atoms with van der Waals surface area (Å²) in [5, 5.41) is 5.59. The Morgan fingerprint density at radius 1 is 1.44 bits per heavy atom. The normalized spacial score (nSPS) is 42.7. The molecule has 6 nitrogen and oxygen atoms in total. The molecule has 4 N–H and O–H groups in total. The third kappa shape index (κ3) is 1.89. The summed E-state index contributed by atoms with van der Waals surface area (Å²) in [7, 11) is 0. The first-order valence-corrected chi connectivity index (χ1v) is 6.64. The molecule has 5 atom stereocenters. The van der Waals surface area contributed by atoms with E-state index in [-0.39, 0.29) is 30.0 Å². The van der Waals surface area contributed by atoms with Crippen molar-refractivity contribution in [2.75, 3.05) is 6.61 Å². The molecule has 2 saturated heterocycles. The van der Waals surface area contributed by atoms with Gasteiger partial charge in [0.2, 0.25) is 11.8 Å². The van der Waals surface area contributed by atoms with Crippen molar-refractivity contribution in [3.05, 3.63) is 0 Å². The molecule has 2 amide bonds. The van der Waals surface area contributed by atoms with E-state index in [9.17, 15) is 9.59 Å². The van der Waals surface area contributed by atoms with Gasteiger partial charge in [-0.3, -0.25) is 9.59 Å². The lowest BCUT2D eigenvalue weighted by Gasteiger charge is -2.52. The van der Waals surface area contributed by atoms with E-state index in [0.717, 1.165) is 19.4 Å². The molecule has 0 bridgehead atoms.